The van der Waals surface area contributed by atoms with E-state index in [2.05, 4.69) is 69.4 Å². The molecule has 0 saturated carbocycles. The molecule has 1 saturated heterocycles. The quantitative estimate of drug-likeness (QED) is 0.416. The van der Waals surface area contributed by atoms with Crippen LogP contribution in [0.3, 0.4) is 0 Å². The van der Waals surface area contributed by atoms with Crippen molar-refractivity contribution in [2.45, 2.75) is 6.04 Å². The minimum atomic E-state index is -0.00637. The summed E-state index contributed by atoms with van der Waals surface area (Å²) in [7, 11) is 0. The number of hydrogen-bond donors (Lipinski definition) is 0. The molecular formula is C24H21BrCl2N2O. The van der Waals surface area contributed by atoms with E-state index in [1.807, 2.05) is 11.0 Å². The molecule has 0 unspecified atom stereocenters. The second kappa shape index (κ2) is 9.52. The molecular weight excluding hydrogens is 483 g/mol. The van der Waals surface area contributed by atoms with Gasteiger partial charge in [0.25, 0.3) is 5.91 Å². The Hall–Kier alpha value is -1.85. The molecule has 154 valence electrons. The van der Waals surface area contributed by atoms with Crippen LogP contribution in [-0.4, -0.2) is 41.9 Å². The molecule has 1 aliphatic rings. The van der Waals surface area contributed by atoms with Crippen molar-refractivity contribution in [1.29, 1.82) is 0 Å². The number of rotatable bonds is 4. The molecule has 1 heterocycles. The summed E-state index contributed by atoms with van der Waals surface area (Å²) in [5, 5.41) is 0.860. The molecule has 1 atom stereocenters. The van der Waals surface area contributed by atoms with Gasteiger partial charge in [-0.2, -0.15) is 0 Å². The third-order valence-corrected chi connectivity index (χ3v) is 6.70. The Kier molecular flexibility index (Phi) is 6.79. The van der Waals surface area contributed by atoms with Crippen LogP contribution >= 0.6 is 39.1 Å². The number of nitrogens with zero attached hydrogens (tertiary/aromatic N) is 2. The van der Waals surface area contributed by atoms with Crippen LogP contribution in [0.15, 0.2) is 77.3 Å². The Balaban J connectivity index is 1.52. The molecule has 0 spiro atoms. The van der Waals surface area contributed by atoms with Crippen molar-refractivity contribution in [3.8, 4) is 0 Å². The lowest BCUT2D eigenvalue weighted by Gasteiger charge is -2.40. The highest BCUT2D eigenvalue weighted by molar-refractivity contribution is 9.10. The van der Waals surface area contributed by atoms with Gasteiger partial charge < -0.3 is 4.90 Å². The average molecular weight is 504 g/mol. The average Bonchev–Trinajstić information content (AvgIpc) is 2.78. The monoisotopic (exact) mass is 502 g/mol. The van der Waals surface area contributed by atoms with E-state index in [9.17, 15) is 4.79 Å². The highest BCUT2D eigenvalue weighted by atomic mass is 79.9. The SMILES string of the molecule is O=C(c1ccc(Cl)c(Cl)c1)N1CCN([C@@H](c2ccccc2)c2ccc(Br)cc2)CC1. The predicted octanol–water partition coefficient (Wildman–Crippen LogP) is 6.30. The molecule has 0 aromatic heterocycles. The van der Waals surface area contributed by atoms with Crippen molar-refractivity contribution in [2.24, 2.45) is 0 Å². The van der Waals surface area contributed by atoms with E-state index in [4.69, 9.17) is 23.2 Å². The fourth-order valence-corrected chi connectivity index (χ4v) is 4.45. The molecule has 0 radical (unpaired) electrons. The van der Waals surface area contributed by atoms with Crippen molar-refractivity contribution in [1.82, 2.24) is 9.80 Å². The van der Waals surface area contributed by atoms with E-state index in [1.165, 1.54) is 11.1 Å². The Labute approximate surface area is 195 Å². The van der Waals surface area contributed by atoms with Crippen LogP contribution in [-0.2, 0) is 0 Å². The Morgan fingerprint density at radius 2 is 1.43 bits per heavy atom. The molecule has 6 heteroatoms. The van der Waals surface area contributed by atoms with Gasteiger partial charge in [-0.25, -0.2) is 0 Å². The third-order valence-electron chi connectivity index (χ3n) is 5.43. The van der Waals surface area contributed by atoms with Gasteiger partial charge in [-0.05, 0) is 41.5 Å². The van der Waals surface area contributed by atoms with Gasteiger partial charge in [-0.3, -0.25) is 9.69 Å². The van der Waals surface area contributed by atoms with E-state index < -0.39 is 0 Å². The maximum atomic E-state index is 12.9. The maximum absolute atomic E-state index is 12.9. The summed E-state index contributed by atoms with van der Waals surface area (Å²) >= 11 is 15.6. The van der Waals surface area contributed by atoms with Crippen molar-refractivity contribution < 1.29 is 4.79 Å². The normalized spacial score (nSPS) is 15.8. The fraction of sp³-hybridized carbons (Fsp3) is 0.208. The zero-order valence-corrected chi connectivity index (χ0v) is 19.4. The van der Waals surface area contributed by atoms with Gasteiger partial charge in [-0.1, -0.05) is 81.6 Å². The second-order valence-electron chi connectivity index (χ2n) is 7.32. The van der Waals surface area contributed by atoms with Gasteiger partial charge in [0, 0.05) is 36.2 Å². The van der Waals surface area contributed by atoms with Gasteiger partial charge in [0.2, 0.25) is 0 Å². The smallest absolute Gasteiger partial charge is 0.253 e. The number of benzene rings is 3. The van der Waals surface area contributed by atoms with Gasteiger partial charge in [0.15, 0.2) is 0 Å². The predicted molar refractivity (Wildman–Crippen MR) is 126 cm³/mol. The van der Waals surface area contributed by atoms with E-state index in [-0.39, 0.29) is 11.9 Å². The van der Waals surface area contributed by atoms with Crippen LogP contribution < -0.4 is 0 Å². The third kappa shape index (κ3) is 4.73. The van der Waals surface area contributed by atoms with Crippen LogP contribution in [0.4, 0.5) is 0 Å². The molecule has 1 aliphatic heterocycles. The lowest BCUT2D eigenvalue weighted by Crippen LogP contribution is -2.49. The van der Waals surface area contributed by atoms with Gasteiger partial charge in [0.05, 0.1) is 16.1 Å². The molecule has 1 fully saturated rings. The van der Waals surface area contributed by atoms with Crippen molar-refractivity contribution in [3.05, 3.63) is 104 Å². The summed E-state index contributed by atoms with van der Waals surface area (Å²) in [6.45, 7) is 2.92. The molecule has 30 heavy (non-hydrogen) atoms. The van der Waals surface area contributed by atoms with Crippen LogP contribution in [0.1, 0.15) is 27.5 Å². The number of hydrogen-bond acceptors (Lipinski definition) is 2. The van der Waals surface area contributed by atoms with Crippen LogP contribution in [0, 0.1) is 0 Å². The van der Waals surface area contributed by atoms with Crippen molar-refractivity contribution in [2.75, 3.05) is 26.2 Å². The van der Waals surface area contributed by atoms with Crippen LogP contribution in [0.2, 0.25) is 10.0 Å². The molecule has 0 N–H and O–H groups in total. The first-order valence-corrected chi connectivity index (χ1v) is 11.4. The fourth-order valence-electron chi connectivity index (χ4n) is 3.89. The van der Waals surface area contributed by atoms with Gasteiger partial charge in [-0.15, -0.1) is 0 Å². The van der Waals surface area contributed by atoms with Crippen molar-refractivity contribution in [3.63, 3.8) is 0 Å². The first-order chi connectivity index (χ1) is 14.5. The zero-order chi connectivity index (χ0) is 21.1. The van der Waals surface area contributed by atoms with E-state index in [0.29, 0.717) is 28.7 Å². The first kappa shape index (κ1) is 21.4. The molecule has 1 amide bonds. The lowest BCUT2D eigenvalue weighted by molar-refractivity contribution is 0.0597. The number of halogens is 3. The van der Waals surface area contributed by atoms with E-state index in [0.717, 1.165) is 17.6 Å². The topological polar surface area (TPSA) is 23.6 Å². The van der Waals surface area contributed by atoms with Gasteiger partial charge >= 0.3 is 0 Å². The highest BCUT2D eigenvalue weighted by Gasteiger charge is 2.28. The summed E-state index contributed by atoms with van der Waals surface area (Å²) in [6, 6.07) is 24.2. The van der Waals surface area contributed by atoms with E-state index >= 15 is 0 Å². The summed E-state index contributed by atoms with van der Waals surface area (Å²) in [5.41, 5.74) is 3.07. The van der Waals surface area contributed by atoms with Crippen LogP contribution in [0.25, 0.3) is 0 Å². The number of carbonyl (C=O) groups excluding carboxylic acids is 1. The minimum absolute atomic E-state index is 0.00637. The number of amides is 1. The van der Waals surface area contributed by atoms with Gasteiger partial charge in [0.1, 0.15) is 0 Å². The second-order valence-corrected chi connectivity index (χ2v) is 9.05. The molecule has 4 rings (SSSR count). The summed E-state index contributed by atoms with van der Waals surface area (Å²) in [4.78, 5) is 17.2. The summed E-state index contributed by atoms with van der Waals surface area (Å²) in [6.07, 6.45) is 0. The van der Waals surface area contributed by atoms with E-state index in [1.54, 1.807) is 18.2 Å². The Morgan fingerprint density at radius 1 is 0.800 bits per heavy atom. The lowest BCUT2D eigenvalue weighted by atomic mass is 9.96. The summed E-state index contributed by atoms with van der Waals surface area (Å²) in [5.74, 6) is -0.00637. The largest absolute Gasteiger partial charge is 0.336 e. The maximum Gasteiger partial charge on any atom is 0.253 e. The van der Waals surface area contributed by atoms with Crippen LogP contribution in [0.5, 0.6) is 0 Å². The minimum Gasteiger partial charge on any atom is -0.336 e. The summed E-state index contributed by atoms with van der Waals surface area (Å²) < 4.78 is 1.06. The number of carbonyl (C=O) groups is 1. The Bertz CT molecular complexity index is 1020. The van der Waals surface area contributed by atoms with Crippen molar-refractivity contribution >= 4 is 45.0 Å². The molecule has 0 bridgehead atoms. The first-order valence-electron chi connectivity index (χ1n) is 9.82. The molecule has 3 nitrogen and oxygen atoms in total. The molecule has 0 aliphatic carbocycles. The molecule has 3 aromatic carbocycles. The molecule has 3 aromatic rings. The Morgan fingerprint density at radius 3 is 2.07 bits per heavy atom. The standard InChI is InChI=1S/C24H21BrCl2N2O/c25-20-9-6-18(7-10-20)23(17-4-2-1-3-5-17)28-12-14-29(15-13-28)24(30)19-8-11-21(26)22(27)16-19/h1-11,16,23H,12-15H2/t23-/m0/s1. The zero-order valence-electron chi connectivity index (χ0n) is 16.3. The number of piperazine rings is 1. The highest BCUT2D eigenvalue weighted by Crippen LogP contribution is 2.31.